The molecule has 11 heteroatoms. The molecule has 30 heavy (non-hydrogen) atoms. The Morgan fingerprint density at radius 3 is 2.43 bits per heavy atom. The first kappa shape index (κ1) is 22.2. The van der Waals surface area contributed by atoms with Gasteiger partial charge in [0.1, 0.15) is 0 Å². The van der Waals surface area contributed by atoms with E-state index in [4.69, 9.17) is 5.73 Å². The van der Waals surface area contributed by atoms with Crippen LogP contribution in [-0.4, -0.2) is 81.8 Å². The number of nitrogens with zero attached hydrogens (tertiary/aromatic N) is 3. The van der Waals surface area contributed by atoms with Gasteiger partial charge in [-0.15, -0.1) is 0 Å². The fourth-order valence-electron chi connectivity index (χ4n) is 3.56. The summed E-state index contributed by atoms with van der Waals surface area (Å²) in [6.45, 7) is 2.52. The third-order valence-corrected chi connectivity index (χ3v) is 6.80. The summed E-state index contributed by atoms with van der Waals surface area (Å²) >= 11 is 0. The molecule has 2 aliphatic rings. The quantitative estimate of drug-likeness (QED) is 0.555. The molecule has 0 aromatic heterocycles. The summed E-state index contributed by atoms with van der Waals surface area (Å²) in [5.41, 5.74) is 5.81. The normalized spacial score (nSPS) is 19.6. The number of hydrogen-bond donors (Lipinski definition) is 2. The number of hydrogen-bond acceptors (Lipinski definition) is 6. The van der Waals surface area contributed by atoms with E-state index in [0.717, 1.165) is 12.8 Å². The Labute approximate surface area is 176 Å². The molecule has 2 aliphatic heterocycles. The Balaban J connectivity index is 1.80. The molecule has 2 saturated heterocycles. The van der Waals surface area contributed by atoms with Crippen molar-refractivity contribution in [2.45, 2.75) is 30.2 Å². The van der Waals surface area contributed by atoms with Crippen LogP contribution in [0.15, 0.2) is 29.2 Å². The third-order valence-electron chi connectivity index (χ3n) is 5.38. The molecule has 1 atom stereocenters. The van der Waals surface area contributed by atoms with Gasteiger partial charge in [0, 0.05) is 44.8 Å². The highest BCUT2D eigenvalue weighted by Crippen LogP contribution is 2.24. The number of carbonyl (C=O) groups is 3. The number of rotatable bonds is 6. The predicted molar refractivity (Wildman–Crippen MR) is 110 cm³/mol. The first-order valence-electron chi connectivity index (χ1n) is 9.88. The lowest BCUT2D eigenvalue weighted by atomic mass is 10.1. The average molecular weight is 438 g/mol. The van der Waals surface area contributed by atoms with E-state index in [9.17, 15) is 22.8 Å². The number of anilines is 1. The Morgan fingerprint density at radius 1 is 1.10 bits per heavy atom. The molecule has 3 rings (SSSR count). The molecule has 0 radical (unpaired) electrons. The van der Waals surface area contributed by atoms with Crippen molar-refractivity contribution in [3.63, 3.8) is 0 Å². The first-order valence-corrected chi connectivity index (χ1v) is 11.4. The summed E-state index contributed by atoms with van der Waals surface area (Å²) in [4.78, 5) is 41.7. The number of nitrogens with two attached hydrogens (primary N) is 1. The van der Waals surface area contributed by atoms with Crippen molar-refractivity contribution in [3.8, 4) is 0 Å². The van der Waals surface area contributed by atoms with E-state index in [1.807, 2.05) is 11.9 Å². The first-order chi connectivity index (χ1) is 14.2. The number of piperidine rings is 1. The minimum Gasteiger partial charge on any atom is -0.368 e. The van der Waals surface area contributed by atoms with Crippen LogP contribution in [0.25, 0.3) is 0 Å². The Hall–Kier alpha value is -2.50. The van der Waals surface area contributed by atoms with Crippen molar-refractivity contribution in [2.75, 3.05) is 44.7 Å². The van der Waals surface area contributed by atoms with Gasteiger partial charge >= 0.3 is 0 Å². The van der Waals surface area contributed by atoms with Crippen LogP contribution in [0.5, 0.6) is 0 Å². The van der Waals surface area contributed by atoms with Gasteiger partial charge in [0.15, 0.2) is 6.04 Å². The molecule has 2 fully saturated rings. The number of amides is 3. The molecule has 0 spiro atoms. The van der Waals surface area contributed by atoms with Gasteiger partial charge in [-0.05, 0) is 38.1 Å². The lowest BCUT2D eigenvalue weighted by Gasteiger charge is -2.34. The lowest BCUT2D eigenvalue weighted by Crippen LogP contribution is -2.58. The molecule has 0 unspecified atom stereocenters. The molecule has 0 aliphatic carbocycles. The second-order valence-corrected chi connectivity index (χ2v) is 9.30. The van der Waals surface area contributed by atoms with Gasteiger partial charge in [0.05, 0.1) is 4.90 Å². The van der Waals surface area contributed by atoms with Gasteiger partial charge in [-0.1, -0.05) is 6.07 Å². The molecule has 0 bridgehead atoms. The zero-order valence-electron chi connectivity index (χ0n) is 16.9. The molecular formula is C19H27N5O5S. The van der Waals surface area contributed by atoms with Crippen molar-refractivity contribution in [3.05, 3.63) is 24.3 Å². The second-order valence-electron chi connectivity index (χ2n) is 7.59. The van der Waals surface area contributed by atoms with Crippen molar-refractivity contribution < 1.29 is 22.8 Å². The van der Waals surface area contributed by atoms with Gasteiger partial charge in [-0.2, -0.15) is 4.72 Å². The predicted octanol–water partition coefficient (Wildman–Crippen LogP) is -0.890. The molecule has 164 valence electrons. The van der Waals surface area contributed by atoms with Crippen LogP contribution in [0.2, 0.25) is 0 Å². The van der Waals surface area contributed by atoms with Crippen LogP contribution in [-0.2, 0) is 24.4 Å². The second kappa shape index (κ2) is 9.11. The summed E-state index contributed by atoms with van der Waals surface area (Å²) in [5, 5.41) is 0. The Bertz CT molecular complexity index is 927. The lowest BCUT2D eigenvalue weighted by molar-refractivity contribution is -0.138. The summed E-state index contributed by atoms with van der Waals surface area (Å²) in [6.07, 6.45) is 2.06. The maximum absolute atomic E-state index is 12.9. The highest BCUT2D eigenvalue weighted by atomic mass is 32.2. The van der Waals surface area contributed by atoms with Gasteiger partial charge in [-0.25, -0.2) is 8.42 Å². The summed E-state index contributed by atoms with van der Waals surface area (Å²) < 4.78 is 28.0. The van der Waals surface area contributed by atoms with E-state index in [1.165, 1.54) is 23.1 Å². The summed E-state index contributed by atoms with van der Waals surface area (Å²) in [5.74, 6) is -1.80. The minimum absolute atomic E-state index is 0.0657. The minimum atomic E-state index is -4.22. The average Bonchev–Trinajstić information content (AvgIpc) is 2.72. The molecular weight excluding hydrogens is 410 g/mol. The number of nitrogens with one attached hydrogen (secondary N) is 1. The van der Waals surface area contributed by atoms with Crippen molar-refractivity contribution in [2.24, 2.45) is 5.73 Å². The monoisotopic (exact) mass is 437 g/mol. The summed E-state index contributed by atoms with van der Waals surface area (Å²) in [6, 6.07) is 4.19. The highest BCUT2D eigenvalue weighted by molar-refractivity contribution is 7.89. The van der Waals surface area contributed by atoms with Crippen LogP contribution < -0.4 is 15.4 Å². The molecule has 2 heterocycles. The molecule has 3 amide bonds. The maximum Gasteiger partial charge on any atom is 0.250 e. The highest BCUT2D eigenvalue weighted by Gasteiger charge is 2.34. The van der Waals surface area contributed by atoms with E-state index in [2.05, 4.69) is 4.72 Å². The van der Waals surface area contributed by atoms with Gasteiger partial charge < -0.3 is 20.4 Å². The molecule has 1 aromatic rings. The van der Waals surface area contributed by atoms with E-state index in [0.29, 0.717) is 44.8 Å². The van der Waals surface area contributed by atoms with E-state index in [-0.39, 0.29) is 10.8 Å². The van der Waals surface area contributed by atoms with E-state index >= 15 is 0 Å². The van der Waals surface area contributed by atoms with E-state index < -0.39 is 27.9 Å². The maximum atomic E-state index is 12.9. The van der Waals surface area contributed by atoms with E-state index in [1.54, 1.807) is 11.0 Å². The molecule has 3 N–H and O–H groups in total. The molecule has 10 nitrogen and oxygen atoms in total. The summed E-state index contributed by atoms with van der Waals surface area (Å²) in [7, 11) is -2.31. The fraction of sp³-hybridized carbons (Fsp3) is 0.526. The number of benzene rings is 1. The zero-order valence-corrected chi connectivity index (χ0v) is 17.7. The van der Waals surface area contributed by atoms with Crippen molar-refractivity contribution >= 4 is 33.4 Å². The fourth-order valence-corrected chi connectivity index (χ4v) is 4.76. The molecule has 1 aromatic carbocycles. The smallest absolute Gasteiger partial charge is 0.250 e. The van der Waals surface area contributed by atoms with Crippen LogP contribution in [0.4, 0.5) is 5.69 Å². The number of sulfonamides is 1. The van der Waals surface area contributed by atoms with Crippen molar-refractivity contribution in [1.82, 2.24) is 14.5 Å². The molecule has 0 saturated carbocycles. The number of primary amides is 1. The SMILES string of the molecule is CN1CCN(C(=O)[C@@H](NS(=O)(=O)c2cccc(N3CCCCC3=O)c2)C(N)=O)CC1. The Morgan fingerprint density at radius 2 is 1.80 bits per heavy atom. The standard InChI is InChI=1S/C19H27N5O5S/c1-22-9-11-23(12-10-22)19(27)17(18(20)26)21-30(28,29)15-6-4-5-14(13-15)24-8-3-2-7-16(24)25/h4-6,13,17,21H,2-3,7-12H2,1H3,(H2,20,26)/t17-/m0/s1. The number of carbonyl (C=O) groups excluding carboxylic acids is 3. The number of likely N-dealkylation sites (N-methyl/N-ethyl adjacent to an activating group) is 1. The topological polar surface area (TPSA) is 133 Å². The zero-order chi connectivity index (χ0) is 21.9. The number of piperazine rings is 1. The van der Waals surface area contributed by atoms with Gasteiger partial charge in [0.25, 0.3) is 5.91 Å². The van der Waals surface area contributed by atoms with Crippen LogP contribution in [0, 0.1) is 0 Å². The van der Waals surface area contributed by atoms with Crippen LogP contribution in [0.1, 0.15) is 19.3 Å². The van der Waals surface area contributed by atoms with Crippen LogP contribution >= 0.6 is 0 Å². The third kappa shape index (κ3) is 4.97. The largest absolute Gasteiger partial charge is 0.368 e. The Kier molecular flexibility index (Phi) is 6.74. The van der Waals surface area contributed by atoms with Crippen molar-refractivity contribution in [1.29, 1.82) is 0 Å². The van der Waals surface area contributed by atoms with Crippen LogP contribution in [0.3, 0.4) is 0 Å². The van der Waals surface area contributed by atoms with Gasteiger partial charge in [-0.3, -0.25) is 14.4 Å². The van der Waals surface area contributed by atoms with Gasteiger partial charge in [0.2, 0.25) is 21.8 Å².